The van der Waals surface area contributed by atoms with Crippen LogP contribution in [0.5, 0.6) is 0 Å². The third kappa shape index (κ3) is 2.85. The number of anilines is 1. The molecule has 1 aromatic rings. The molecule has 0 aromatic heterocycles. The minimum Gasteiger partial charge on any atom is -0.465 e. The molecule has 0 unspecified atom stereocenters. The molecule has 6 nitrogen and oxygen atoms in total. The molecule has 0 aliphatic heterocycles. The number of amides is 1. The lowest BCUT2D eigenvalue weighted by Gasteiger charge is -2.11. The first-order valence-electron chi connectivity index (χ1n) is 5.15. The fourth-order valence-corrected chi connectivity index (χ4v) is 1.55. The number of ether oxygens (including phenoxy) is 1. The van der Waals surface area contributed by atoms with Crippen molar-refractivity contribution in [1.29, 1.82) is 0 Å². The maximum atomic E-state index is 11.8. The van der Waals surface area contributed by atoms with Crippen molar-refractivity contribution in [2.45, 2.75) is 6.92 Å². The molecule has 0 heterocycles. The number of rotatable bonds is 5. The molecule has 6 heteroatoms. The maximum Gasteiger partial charge on any atom is 0.340 e. The molecule has 1 N–H and O–H groups in total. The molecule has 0 bridgehead atoms. The van der Waals surface area contributed by atoms with Crippen molar-refractivity contribution in [2.75, 3.05) is 19.5 Å². The Balaban J connectivity index is 3.41. The highest BCUT2D eigenvalue weighted by atomic mass is 16.6. The molecule has 0 fully saturated rings. The number of carbonyl (C=O) groups is 2. The molecule has 0 radical (unpaired) electrons. The summed E-state index contributed by atoms with van der Waals surface area (Å²) in [6, 6.07) is 4.99. The van der Waals surface area contributed by atoms with Gasteiger partial charge >= 0.3 is 5.97 Å². The Bertz CT molecular complexity index is 483. The van der Waals surface area contributed by atoms with E-state index in [1.807, 2.05) is 0 Å². The van der Waals surface area contributed by atoms with Crippen molar-refractivity contribution in [3.8, 4) is 0 Å². The Hall–Kier alpha value is -2.37. The summed E-state index contributed by atoms with van der Waals surface area (Å²) in [7, 11) is 2.68. The van der Waals surface area contributed by atoms with Gasteiger partial charge in [-0.2, -0.15) is 0 Å². The number of nitrogens with zero attached hydrogens (tertiary/aromatic N) is 1. The maximum absolute atomic E-state index is 11.8. The number of carbonyl (C=O) groups excluding carboxylic acids is 2. The van der Waals surface area contributed by atoms with Crippen molar-refractivity contribution in [2.24, 2.45) is 5.16 Å². The molecule has 0 aliphatic rings. The van der Waals surface area contributed by atoms with Crippen LogP contribution >= 0.6 is 0 Å². The summed E-state index contributed by atoms with van der Waals surface area (Å²) in [5, 5.41) is 6.22. The van der Waals surface area contributed by atoms with E-state index in [-0.39, 0.29) is 5.56 Å². The average molecular weight is 250 g/mol. The van der Waals surface area contributed by atoms with E-state index in [0.717, 1.165) is 0 Å². The number of esters is 1. The lowest BCUT2D eigenvalue weighted by molar-refractivity contribution is -0.105. The van der Waals surface area contributed by atoms with Gasteiger partial charge < -0.3 is 14.9 Å². The van der Waals surface area contributed by atoms with Crippen LogP contribution in [-0.4, -0.2) is 32.3 Å². The van der Waals surface area contributed by atoms with Gasteiger partial charge in [0, 0.05) is 5.56 Å². The van der Waals surface area contributed by atoms with E-state index >= 15 is 0 Å². The van der Waals surface area contributed by atoms with E-state index in [1.165, 1.54) is 14.2 Å². The summed E-state index contributed by atoms with van der Waals surface area (Å²) >= 11 is 0. The zero-order valence-corrected chi connectivity index (χ0v) is 10.4. The molecule has 0 aliphatic carbocycles. The summed E-state index contributed by atoms with van der Waals surface area (Å²) in [4.78, 5) is 27.0. The standard InChI is InChI=1S/C12H14N2O4/c1-8(14-18-3)9-5-4-6-10(13-7-15)11(9)12(16)17-2/h4-7H,1-3H3,(H,13,15). The van der Waals surface area contributed by atoms with Gasteiger partial charge in [-0.05, 0) is 13.0 Å². The largest absolute Gasteiger partial charge is 0.465 e. The highest BCUT2D eigenvalue weighted by molar-refractivity contribution is 6.11. The quantitative estimate of drug-likeness (QED) is 0.371. The molecule has 0 spiro atoms. The number of methoxy groups -OCH3 is 1. The first-order valence-corrected chi connectivity index (χ1v) is 5.15. The lowest BCUT2D eigenvalue weighted by Crippen LogP contribution is -2.13. The molecule has 96 valence electrons. The fraction of sp³-hybridized carbons (Fsp3) is 0.250. The number of benzene rings is 1. The number of oxime groups is 1. The Kier molecular flexibility index (Phi) is 4.86. The molecule has 1 aromatic carbocycles. The van der Waals surface area contributed by atoms with Crippen LogP contribution in [0, 0.1) is 0 Å². The SMILES string of the molecule is CON=C(C)c1cccc(NC=O)c1C(=O)OC. The van der Waals surface area contributed by atoms with Gasteiger partial charge in [0.2, 0.25) is 6.41 Å². The van der Waals surface area contributed by atoms with E-state index in [9.17, 15) is 9.59 Å². The molecule has 18 heavy (non-hydrogen) atoms. The Morgan fingerprint density at radius 1 is 1.39 bits per heavy atom. The number of hydrogen-bond donors (Lipinski definition) is 1. The molecule has 1 amide bonds. The number of hydrogen-bond acceptors (Lipinski definition) is 5. The summed E-state index contributed by atoms with van der Waals surface area (Å²) < 4.78 is 4.70. The van der Waals surface area contributed by atoms with Crippen molar-refractivity contribution >= 4 is 23.8 Å². The molecule has 0 atom stereocenters. The lowest BCUT2D eigenvalue weighted by atomic mass is 10.0. The van der Waals surface area contributed by atoms with Gasteiger partial charge in [0.15, 0.2) is 0 Å². The van der Waals surface area contributed by atoms with Crippen LogP contribution in [0.25, 0.3) is 0 Å². The van der Waals surface area contributed by atoms with Crippen molar-refractivity contribution in [1.82, 2.24) is 0 Å². The summed E-state index contributed by atoms with van der Waals surface area (Å²) in [6.07, 6.45) is 0.494. The van der Waals surface area contributed by atoms with Crippen molar-refractivity contribution in [3.05, 3.63) is 29.3 Å². The third-order valence-electron chi connectivity index (χ3n) is 2.29. The first kappa shape index (κ1) is 13.7. The third-order valence-corrected chi connectivity index (χ3v) is 2.29. The Labute approximate surface area is 105 Å². The van der Waals surface area contributed by atoms with E-state index in [0.29, 0.717) is 23.4 Å². The van der Waals surface area contributed by atoms with E-state index in [4.69, 9.17) is 4.74 Å². The summed E-state index contributed by atoms with van der Waals surface area (Å²) in [5.74, 6) is -0.555. The van der Waals surface area contributed by atoms with E-state index in [1.54, 1.807) is 25.1 Å². The zero-order valence-electron chi connectivity index (χ0n) is 10.4. The van der Waals surface area contributed by atoms with Crippen LogP contribution in [0.4, 0.5) is 5.69 Å². The smallest absolute Gasteiger partial charge is 0.340 e. The summed E-state index contributed by atoms with van der Waals surface area (Å²) in [6.45, 7) is 1.69. The highest BCUT2D eigenvalue weighted by Gasteiger charge is 2.18. The minimum absolute atomic E-state index is 0.241. The topological polar surface area (TPSA) is 77.0 Å². The van der Waals surface area contributed by atoms with Gasteiger partial charge in [-0.15, -0.1) is 0 Å². The van der Waals surface area contributed by atoms with E-state index in [2.05, 4.69) is 15.3 Å². The van der Waals surface area contributed by atoms with Crippen LogP contribution in [-0.2, 0) is 14.4 Å². The van der Waals surface area contributed by atoms with Crippen molar-refractivity contribution in [3.63, 3.8) is 0 Å². The predicted octanol–water partition coefficient (Wildman–Crippen LogP) is 1.41. The van der Waals surface area contributed by atoms with Gasteiger partial charge in [-0.25, -0.2) is 4.79 Å². The van der Waals surface area contributed by atoms with Crippen LogP contribution in [0.15, 0.2) is 23.4 Å². The molecule has 0 saturated carbocycles. The second kappa shape index (κ2) is 6.39. The van der Waals surface area contributed by atoms with Gasteiger partial charge in [0.1, 0.15) is 7.11 Å². The predicted molar refractivity (Wildman–Crippen MR) is 66.7 cm³/mol. The van der Waals surface area contributed by atoms with Crippen molar-refractivity contribution < 1.29 is 19.2 Å². The normalized spacial score (nSPS) is 10.7. The zero-order chi connectivity index (χ0) is 13.5. The first-order chi connectivity index (χ1) is 8.65. The second-order valence-electron chi connectivity index (χ2n) is 3.34. The molecule has 1 rings (SSSR count). The highest BCUT2D eigenvalue weighted by Crippen LogP contribution is 2.21. The molecular weight excluding hydrogens is 236 g/mol. The molecule has 0 saturated heterocycles. The van der Waals surface area contributed by atoms with Gasteiger partial charge in [0.05, 0.1) is 24.1 Å². The number of nitrogens with one attached hydrogen (secondary N) is 1. The van der Waals surface area contributed by atoms with Gasteiger partial charge in [-0.1, -0.05) is 17.3 Å². The minimum atomic E-state index is -0.555. The van der Waals surface area contributed by atoms with Crippen LogP contribution in [0.2, 0.25) is 0 Å². The van der Waals surface area contributed by atoms with Gasteiger partial charge in [0.25, 0.3) is 0 Å². The van der Waals surface area contributed by atoms with Gasteiger partial charge in [-0.3, -0.25) is 4.79 Å². The van der Waals surface area contributed by atoms with E-state index < -0.39 is 5.97 Å². The monoisotopic (exact) mass is 250 g/mol. The van der Waals surface area contributed by atoms with Crippen LogP contribution in [0.3, 0.4) is 0 Å². The second-order valence-corrected chi connectivity index (χ2v) is 3.34. The van der Waals surface area contributed by atoms with Crippen LogP contribution in [0.1, 0.15) is 22.8 Å². The fourth-order valence-electron chi connectivity index (χ4n) is 1.55. The Morgan fingerprint density at radius 3 is 2.67 bits per heavy atom. The summed E-state index contributed by atoms with van der Waals surface area (Å²) in [5.41, 5.74) is 1.65. The average Bonchev–Trinajstić information content (AvgIpc) is 2.38. The Morgan fingerprint density at radius 2 is 2.11 bits per heavy atom. The van der Waals surface area contributed by atoms with Crippen LogP contribution < -0.4 is 5.32 Å². The molecular formula is C12H14N2O4.